The van der Waals surface area contributed by atoms with Crippen molar-refractivity contribution in [2.45, 2.75) is 42.7 Å². The van der Waals surface area contributed by atoms with Crippen LogP contribution < -0.4 is 10.3 Å². The fraction of sp³-hybridized carbons (Fsp3) is 0.325. The lowest BCUT2D eigenvalue weighted by atomic mass is 9.72. The van der Waals surface area contributed by atoms with Gasteiger partial charge >= 0.3 is 0 Å². The standard InChI is InChI=1S/C40H39N17O/c1-5-17-54(18-6-1)40(55-19-15-41-16-20-55)34(33-28-9-3-2-8-27(28)22-50-53-33)56(31-25-42-11-12-44-31)57(32-10-4-7-21-58-32)39(40,38-47-24-30-36(52-38)49-26-48-30)37-46-23-29-35(51-37)45-14-13-43-29/h2-4,7-14,21-26,32,34,41H,1,5-6,15-20H2,(H,47,48,49,52). The maximum atomic E-state index is 6.73. The lowest BCUT2D eigenvalue weighted by Crippen LogP contribution is -2.77. The Morgan fingerprint density at radius 2 is 1.55 bits per heavy atom. The van der Waals surface area contributed by atoms with Crippen LogP contribution in [0.2, 0.25) is 0 Å². The zero-order valence-corrected chi connectivity index (χ0v) is 31.5. The van der Waals surface area contributed by atoms with E-state index in [1.165, 1.54) is 0 Å². The number of likely N-dealkylation sites (tertiary alicyclic amines) is 1. The Kier molecular flexibility index (Phi) is 8.49. The molecule has 11 rings (SSSR count). The molecular formula is C40H39N17O. The van der Waals surface area contributed by atoms with Crippen molar-refractivity contribution in [1.29, 1.82) is 0 Å². The van der Waals surface area contributed by atoms with Crippen LogP contribution in [0, 0.1) is 0 Å². The van der Waals surface area contributed by atoms with Gasteiger partial charge in [-0.3, -0.25) is 19.8 Å². The van der Waals surface area contributed by atoms with Crippen molar-refractivity contribution in [2.24, 2.45) is 0 Å². The molecule has 3 saturated heterocycles. The predicted molar refractivity (Wildman–Crippen MR) is 212 cm³/mol. The number of fused-ring (bicyclic) bond motifs is 3. The number of allylic oxidation sites excluding steroid dienone is 2. The highest BCUT2D eigenvalue weighted by molar-refractivity contribution is 5.85. The van der Waals surface area contributed by atoms with Crippen molar-refractivity contribution in [1.82, 2.24) is 80.2 Å². The van der Waals surface area contributed by atoms with Crippen LogP contribution in [0.15, 0.2) is 105 Å². The van der Waals surface area contributed by atoms with Crippen molar-refractivity contribution in [3.05, 3.63) is 122 Å². The van der Waals surface area contributed by atoms with Gasteiger partial charge < -0.3 is 15.0 Å². The number of H-pyrrole nitrogens is 1. The van der Waals surface area contributed by atoms with Gasteiger partial charge in [0.25, 0.3) is 0 Å². The zero-order valence-electron chi connectivity index (χ0n) is 31.5. The maximum absolute atomic E-state index is 6.73. The molecule has 0 aliphatic carbocycles. The summed E-state index contributed by atoms with van der Waals surface area (Å²) in [6.07, 6.45) is 25.3. The lowest BCUT2D eigenvalue weighted by molar-refractivity contribution is -0.157. The average Bonchev–Trinajstić information content (AvgIpc) is 3.90. The summed E-state index contributed by atoms with van der Waals surface area (Å²) in [5.41, 5.74) is 0.220. The summed E-state index contributed by atoms with van der Waals surface area (Å²) in [4.78, 5) is 53.6. The van der Waals surface area contributed by atoms with Crippen LogP contribution in [0.5, 0.6) is 0 Å². The third kappa shape index (κ3) is 5.15. The summed E-state index contributed by atoms with van der Waals surface area (Å²) in [5, 5.41) is 19.7. The van der Waals surface area contributed by atoms with Gasteiger partial charge in [-0.05, 0) is 25.0 Å². The summed E-state index contributed by atoms with van der Waals surface area (Å²) in [5.74, 6) is 1.36. The molecule has 3 fully saturated rings. The topological polar surface area (TPSA) is 192 Å². The fourth-order valence-corrected chi connectivity index (χ4v) is 9.59. The van der Waals surface area contributed by atoms with Crippen molar-refractivity contribution < 1.29 is 4.74 Å². The van der Waals surface area contributed by atoms with E-state index in [2.05, 4.69) is 52.2 Å². The number of hydrazine groups is 1. The second kappa shape index (κ2) is 14.2. The van der Waals surface area contributed by atoms with Gasteiger partial charge in [0.05, 0.1) is 43.1 Å². The van der Waals surface area contributed by atoms with Crippen LogP contribution in [0.4, 0.5) is 5.82 Å². The first-order valence-corrected chi connectivity index (χ1v) is 19.6. The molecule has 4 atom stereocenters. The number of piperazine rings is 1. The third-order valence-corrected chi connectivity index (χ3v) is 11.8. The number of imidazole rings is 1. The molecule has 58 heavy (non-hydrogen) atoms. The smallest absolute Gasteiger partial charge is 0.197 e. The number of hydrogen-bond donors (Lipinski definition) is 2. The van der Waals surface area contributed by atoms with Crippen LogP contribution in [0.1, 0.15) is 42.6 Å². The molecule has 4 unspecified atom stereocenters. The van der Waals surface area contributed by atoms with E-state index in [1.807, 2.05) is 36.6 Å². The highest BCUT2D eigenvalue weighted by Crippen LogP contribution is 2.63. The van der Waals surface area contributed by atoms with Gasteiger partial charge in [0.2, 0.25) is 0 Å². The first-order chi connectivity index (χ1) is 28.8. The molecule has 10 heterocycles. The number of aromatic nitrogens is 12. The highest BCUT2D eigenvalue weighted by Gasteiger charge is 2.79. The second-order valence-corrected chi connectivity index (χ2v) is 14.7. The van der Waals surface area contributed by atoms with Gasteiger partial charge in [-0.25, -0.2) is 39.9 Å². The molecule has 0 saturated carbocycles. The van der Waals surface area contributed by atoms with Crippen LogP contribution >= 0.6 is 0 Å². The van der Waals surface area contributed by atoms with E-state index in [0.29, 0.717) is 52.9 Å². The minimum absolute atomic E-state index is 0.399. The summed E-state index contributed by atoms with van der Waals surface area (Å²) in [7, 11) is 0. The molecule has 0 radical (unpaired) electrons. The number of nitrogens with one attached hydrogen (secondary N) is 2. The van der Waals surface area contributed by atoms with E-state index in [1.54, 1.807) is 56.0 Å². The van der Waals surface area contributed by atoms with Crippen LogP contribution in [0.25, 0.3) is 33.1 Å². The van der Waals surface area contributed by atoms with Crippen LogP contribution in [-0.4, -0.2) is 126 Å². The van der Waals surface area contributed by atoms with Crippen LogP contribution in [0.3, 0.4) is 0 Å². The molecule has 4 aliphatic rings. The van der Waals surface area contributed by atoms with Crippen molar-refractivity contribution >= 4 is 38.9 Å². The quantitative estimate of drug-likeness (QED) is 0.240. The molecule has 1 aromatic carbocycles. The van der Waals surface area contributed by atoms with Gasteiger partial charge in [0, 0.05) is 74.8 Å². The van der Waals surface area contributed by atoms with E-state index in [0.717, 1.165) is 61.9 Å². The van der Waals surface area contributed by atoms with Gasteiger partial charge in [-0.2, -0.15) is 15.2 Å². The van der Waals surface area contributed by atoms with E-state index in [9.17, 15) is 0 Å². The van der Waals surface area contributed by atoms with Gasteiger partial charge in [0.1, 0.15) is 22.7 Å². The molecule has 6 aromatic heterocycles. The Balaban J connectivity index is 1.38. The number of benzene rings is 1. The Hall–Kier alpha value is -6.47. The number of piperidine rings is 1. The number of nitrogens with zero attached hydrogens (tertiary/aromatic N) is 15. The Morgan fingerprint density at radius 1 is 0.741 bits per heavy atom. The molecule has 290 valence electrons. The van der Waals surface area contributed by atoms with Gasteiger partial charge in [-0.1, -0.05) is 36.8 Å². The molecular weight excluding hydrogens is 735 g/mol. The average molecular weight is 774 g/mol. The summed E-state index contributed by atoms with van der Waals surface area (Å²) in [6, 6.07) is 7.58. The van der Waals surface area contributed by atoms with Crippen molar-refractivity contribution in [2.75, 3.05) is 44.3 Å². The number of hydrogen-bond acceptors (Lipinski definition) is 17. The largest absolute Gasteiger partial charge is 0.477 e. The second-order valence-electron chi connectivity index (χ2n) is 14.7. The highest BCUT2D eigenvalue weighted by atomic mass is 16.5. The SMILES string of the molecule is C1=COC(N2N(c3cnccn3)C(c3nncc4ccccc34)C(N3CCCCC3)(N3CCNCC3)C2(c2ncc3nccnc3n2)c2ncc3[nH]cnc3n2)C=C1. The summed E-state index contributed by atoms with van der Waals surface area (Å²) in [6.45, 7) is 4.29. The number of anilines is 1. The Labute approximate surface area is 332 Å². The molecule has 0 amide bonds. The first-order valence-electron chi connectivity index (χ1n) is 19.6. The number of ether oxygens (including phenoxy) is 1. The third-order valence-electron chi connectivity index (χ3n) is 11.8. The summed E-state index contributed by atoms with van der Waals surface area (Å²) < 4.78 is 6.73. The predicted octanol–water partition coefficient (Wildman–Crippen LogP) is 3.06. The van der Waals surface area contributed by atoms with Gasteiger partial charge in [-0.15, -0.1) is 0 Å². The molecule has 4 aliphatic heterocycles. The normalized spacial score (nSPS) is 25.8. The van der Waals surface area contributed by atoms with Crippen LogP contribution in [-0.2, 0) is 10.3 Å². The van der Waals surface area contributed by atoms with Crippen molar-refractivity contribution in [3.63, 3.8) is 0 Å². The fourth-order valence-electron chi connectivity index (χ4n) is 9.59. The molecule has 0 bridgehead atoms. The minimum atomic E-state index is -1.53. The zero-order chi connectivity index (χ0) is 38.5. The van der Waals surface area contributed by atoms with E-state index in [-0.39, 0.29) is 0 Å². The van der Waals surface area contributed by atoms with Gasteiger partial charge in [0.15, 0.2) is 40.5 Å². The molecule has 2 N–H and O–H groups in total. The number of rotatable bonds is 7. The molecule has 7 aromatic rings. The first kappa shape index (κ1) is 34.8. The van der Waals surface area contributed by atoms with E-state index < -0.39 is 23.5 Å². The van der Waals surface area contributed by atoms with E-state index in [4.69, 9.17) is 49.8 Å². The monoisotopic (exact) mass is 773 g/mol. The Bertz CT molecular complexity index is 2640. The van der Waals surface area contributed by atoms with E-state index >= 15 is 0 Å². The Morgan fingerprint density at radius 3 is 2.40 bits per heavy atom. The minimum Gasteiger partial charge on any atom is -0.477 e. The molecule has 0 spiro atoms. The maximum Gasteiger partial charge on any atom is 0.197 e. The number of aromatic amines is 1. The molecule has 18 nitrogen and oxygen atoms in total. The van der Waals surface area contributed by atoms with Crippen molar-refractivity contribution in [3.8, 4) is 0 Å². The lowest BCUT2D eigenvalue weighted by Gasteiger charge is -2.59. The summed E-state index contributed by atoms with van der Waals surface area (Å²) >= 11 is 0. The molecule has 18 heteroatoms.